The van der Waals surface area contributed by atoms with E-state index in [-0.39, 0.29) is 24.4 Å². The minimum absolute atomic E-state index is 0.115. The number of nitrogens with zero attached hydrogens (tertiary/aromatic N) is 3. The Kier molecular flexibility index (Phi) is 6.06. The van der Waals surface area contributed by atoms with Crippen molar-refractivity contribution in [1.82, 2.24) is 19.9 Å². The summed E-state index contributed by atoms with van der Waals surface area (Å²) in [6.07, 6.45) is 1.70. The molecular formula is C22H19BrN4O2S. The number of aryl methyl sites for hydroxylation is 2. The zero-order valence-corrected chi connectivity index (χ0v) is 18.7. The van der Waals surface area contributed by atoms with Crippen LogP contribution >= 0.6 is 27.3 Å². The first-order chi connectivity index (χ1) is 14.5. The summed E-state index contributed by atoms with van der Waals surface area (Å²) >= 11 is 5.00. The van der Waals surface area contributed by atoms with E-state index in [9.17, 15) is 9.59 Å². The zero-order valence-electron chi connectivity index (χ0n) is 16.3. The van der Waals surface area contributed by atoms with Crippen molar-refractivity contribution in [3.05, 3.63) is 79.6 Å². The fourth-order valence-corrected chi connectivity index (χ4v) is 4.07. The van der Waals surface area contributed by atoms with E-state index < -0.39 is 0 Å². The van der Waals surface area contributed by atoms with Crippen molar-refractivity contribution in [3.8, 4) is 11.3 Å². The minimum atomic E-state index is -0.151. The molecule has 0 saturated heterocycles. The van der Waals surface area contributed by atoms with Gasteiger partial charge in [0.25, 0.3) is 5.56 Å². The van der Waals surface area contributed by atoms with Crippen LogP contribution in [-0.4, -0.2) is 20.4 Å². The highest BCUT2D eigenvalue weighted by Gasteiger charge is 2.08. The number of hydrogen-bond acceptors (Lipinski definition) is 5. The van der Waals surface area contributed by atoms with Gasteiger partial charge in [0.1, 0.15) is 0 Å². The monoisotopic (exact) mass is 482 g/mol. The first-order valence-electron chi connectivity index (χ1n) is 9.42. The van der Waals surface area contributed by atoms with Crippen LogP contribution in [0.15, 0.2) is 63.4 Å². The van der Waals surface area contributed by atoms with Crippen LogP contribution in [0.25, 0.3) is 22.2 Å². The summed E-state index contributed by atoms with van der Waals surface area (Å²) in [5.74, 6) is -0.115. The van der Waals surface area contributed by atoms with Crippen molar-refractivity contribution in [2.45, 2.75) is 26.4 Å². The first kappa shape index (κ1) is 20.4. The number of fused-ring (bicyclic) bond motifs is 1. The largest absolute Gasteiger partial charge is 0.352 e. The topological polar surface area (TPSA) is 76.9 Å². The smallest absolute Gasteiger partial charge is 0.261 e. The van der Waals surface area contributed by atoms with Gasteiger partial charge in [-0.05, 0) is 30.7 Å². The Bertz CT molecular complexity index is 1260. The van der Waals surface area contributed by atoms with Gasteiger partial charge >= 0.3 is 0 Å². The average molecular weight is 483 g/mol. The third-order valence-corrected chi connectivity index (χ3v) is 5.99. The third kappa shape index (κ3) is 4.66. The zero-order chi connectivity index (χ0) is 21.1. The van der Waals surface area contributed by atoms with Crippen LogP contribution in [0.3, 0.4) is 0 Å². The fraction of sp³-hybridized carbons (Fsp3) is 0.182. The van der Waals surface area contributed by atoms with Crippen molar-refractivity contribution in [3.63, 3.8) is 0 Å². The highest BCUT2D eigenvalue weighted by Crippen LogP contribution is 2.21. The molecule has 152 valence electrons. The highest BCUT2D eigenvalue weighted by atomic mass is 79.9. The standard InChI is InChI=1S/C22H19BrN4O2S/c1-14-26-20(12-30-14)16-4-2-15(3-5-16)11-24-21(28)8-9-27-13-25-19-7-6-17(23)10-18(19)22(27)29/h2-7,10,12-13H,8-9,11H2,1H3,(H,24,28). The van der Waals surface area contributed by atoms with E-state index in [1.165, 1.54) is 10.9 Å². The molecule has 1 N–H and O–H groups in total. The minimum Gasteiger partial charge on any atom is -0.352 e. The first-order valence-corrected chi connectivity index (χ1v) is 11.1. The molecular weight excluding hydrogens is 464 g/mol. The lowest BCUT2D eigenvalue weighted by Gasteiger charge is -2.08. The summed E-state index contributed by atoms with van der Waals surface area (Å²) in [5.41, 5.74) is 3.52. The molecule has 0 atom stereocenters. The Hall–Kier alpha value is -2.84. The van der Waals surface area contributed by atoms with Gasteiger partial charge in [-0.3, -0.25) is 14.2 Å². The summed E-state index contributed by atoms with van der Waals surface area (Å²) in [5, 5.41) is 6.51. The molecule has 0 spiro atoms. The van der Waals surface area contributed by atoms with Gasteiger partial charge < -0.3 is 5.32 Å². The van der Waals surface area contributed by atoms with Gasteiger partial charge in [-0.15, -0.1) is 11.3 Å². The van der Waals surface area contributed by atoms with Crippen molar-refractivity contribution < 1.29 is 4.79 Å². The van der Waals surface area contributed by atoms with Crippen molar-refractivity contribution in [2.24, 2.45) is 0 Å². The lowest BCUT2D eigenvalue weighted by atomic mass is 10.1. The second-order valence-corrected chi connectivity index (χ2v) is 8.86. The maximum absolute atomic E-state index is 12.6. The summed E-state index contributed by atoms with van der Waals surface area (Å²) in [6, 6.07) is 13.4. The summed E-state index contributed by atoms with van der Waals surface area (Å²) in [4.78, 5) is 33.6. The number of amides is 1. The van der Waals surface area contributed by atoms with Crippen LogP contribution < -0.4 is 10.9 Å². The van der Waals surface area contributed by atoms with Crippen LogP contribution in [0.1, 0.15) is 17.0 Å². The molecule has 4 aromatic rings. The third-order valence-electron chi connectivity index (χ3n) is 4.72. The van der Waals surface area contributed by atoms with Crippen molar-refractivity contribution in [1.29, 1.82) is 0 Å². The van der Waals surface area contributed by atoms with E-state index in [4.69, 9.17) is 0 Å². The highest BCUT2D eigenvalue weighted by molar-refractivity contribution is 9.10. The summed E-state index contributed by atoms with van der Waals surface area (Å²) in [6.45, 7) is 2.70. The molecule has 6 nitrogen and oxygen atoms in total. The number of aromatic nitrogens is 3. The molecule has 1 amide bonds. The van der Waals surface area contributed by atoms with Gasteiger partial charge in [-0.2, -0.15) is 0 Å². The molecule has 0 fully saturated rings. The normalized spacial score (nSPS) is 11.0. The lowest BCUT2D eigenvalue weighted by Crippen LogP contribution is -2.27. The predicted octanol–water partition coefficient (Wildman–Crippen LogP) is 4.30. The van der Waals surface area contributed by atoms with Crippen molar-refractivity contribution >= 4 is 44.1 Å². The van der Waals surface area contributed by atoms with Gasteiger partial charge in [-0.25, -0.2) is 9.97 Å². The predicted molar refractivity (Wildman–Crippen MR) is 122 cm³/mol. The Balaban J connectivity index is 1.34. The van der Waals surface area contributed by atoms with E-state index in [1.54, 1.807) is 23.5 Å². The number of benzene rings is 2. The van der Waals surface area contributed by atoms with Gasteiger partial charge in [0.2, 0.25) is 5.91 Å². The molecule has 4 rings (SSSR count). The van der Waals surface area contributed by atoms with E-state index >= 15 is 0 Å². The Labute approximate surface area is 185 Å². The van der Waals surface area contributed by atoms with E-state index in [2.05, 4.69) is 31.2 Å². The summed E-state index contributed by atoms with van der Waals surface area (Å²) < 4.78 is 2.29. The van der Waals surface area contributed by atoms with Crippen LogP contribution in [0.4, 0.5) is 0 Å². The molecule has 0 bridgehead atoms. The molecule has 0 aliphatic carbocycles. The van der Waals surface area contributed by atoms with Crippen LogP contribution in [0.5, 0.6) is 0 Å². The molecule has 8 heteroatoms. The molecule has 0 aliphatic heterocycles. The van der Waals surface area contributed by atoms with Gasteiger partial charge in [0.05, 0.1) is 27.9 Å². The van der Waals surface area contributed by atoms with Crippen LogP contribution in [0, 0.1) is 6.92 Å². The second-order valence-electron chi connectivity index (χ2n) is 6.88. The number of carbonyl (C=O) groups is 1. The number of carbonyl (C=O) groups excluding carboxylic acids is 1. The maximum atomic E-state index is 12.6. The lowest BCUT2D eigenvalue weighted by molar-refractivity contribution is -0.121. The quantitative estimate of drug-likeness (QED) is 0.444. The number of halogens is 1. The molecule has 30 heavy (non-hydrogen) atoms. The van der Waals surface area contributed by atoms with E-state index in [0.29, 0.717) is 17.4 Å². The fourth-order valence-electron chi connectivity index (χ4n) is 3.09. The average Bonchev–Trinajstić information content (AvgIpc) is 3.19. The molecule has 0 unspecified atom stereocenters. The molecule has 0 aliphatic rings. The Morgan fingerprint density at radius 3 is 2.73 bits per heavy atom. The van der Waals surface area contributed by atoms with Gasteiger partial charge in [0.15, 0.2) is 0 Å². The Morgan fingerprint density at radius 2 is 2.00 bits per heavy atom. The van der Waals surface area contributed by atoms with E-state index in [1.807, 2.05) is 42.6 Å². The van der Waals surface area contributed by atoms with Crippen LogP contribution in [-0.2, 0) is 17.9 Å². The number of nitrogens with one attached hydrogen (secondary N) is 1. The number of thiazole rings is 1. The Morgan fingerprint density at radius 1 is 1.20 bits per heavy atom. The molecule has 2 heterocycles. The SMILES string of the molecule is Cc1nc(-c2ccc(CNC(=O)CCn3cnc4ccc(Br)cc4c3=O)cc2)cs1. The number of rotatable bonds is 6. The molecule has 0 radical (unpaired) electrons. The number of hydrogen-bond donors (Lipinski definition) is 1. The molecule has 2 aromatic carbocycles. The maximum Gasteiger partial charge on any atom is 0.261 e. The summed E-state index contributed by atoms with van der Waals surface area (Å²) in [7, 11) is 0. The van der Waals surface area contributed by atoms with Crippen molar-refractivity contribution in [2.75, 3.05) is 0 Å². The van der Waals surface area contributed by atoms with Crippen LogP contribution in [0.2, 0.25) is 0 Å². The second kappa shape index (κ2) is 8.89. The molecule has 2 aromatic heterocycles. The molecule has 0 saturated carbocycles. The van der Waals surface area contributed by atoms with Gasteiger partial charge in [-0.1, -0.05) is 40.2 Å². The van der Waals surface area contributed by atoms with E-state index in [0.717, 1.165) is 26.3 Å². The van der Waals surface area contributed by atoms with Gasteiger partial charge in [0, 0.05) is 34.9 Å².